The van der Waals surface area contributed by atoms with Gasteiger partial charge in [-0.05, 0) is 42.5 Å². The maximum Gasteiger partial charge on any atom is 0.273 e. The van der Waals surface area contributed by atoms with Crippen molar-refractivity contribution in [3.8, 4) is 22.8 Å². The summed E-state index contributed by atoms with van der Waals surface area (Å²) < 4.78 is 20.7. The predicted molar refractivity (Wildman–Crippen MR) is 141 cm³/mol. The van der Waals surface area contributed by atoms with Crippen LogP contribution in [-0.4, -0.2) is 31.8 Å². The van der Waals surface area contributed by atoms with E-state index >= 15 is 0 Å². The molecule has 188 valence electrons. The summed E-state index contributed by atoms with van der Waals surface area (Å²) in [7, 11) is 0. The number of halogens is 1. The number of carbonyl (C=O) groups is 1. The van der Waals surface area contributed by atoms with Gasteiger partial charge in [-0.1, -0.05) is 71.9 Å². The summed E-state index contributed by atoms with van der Waals surface area (Å²) in [6, 6.07) is 24.0. The normalized spacial score (nSPS) is 19.2. The second-order valence-corrected chi connectivity index (χ2v) is 9.93. The highest BCUT2D eigenvalue weighted by atomic mass is 19.1. The molecule has 7 rings (SSSR count). The number of amides is 1. The van der Waals surface area contributed by atoms with Crippen LogP contribution in [0.4, 0.5) is 10.1 Å². The Balaban J connectivity index is 1.20. The topological polar surface area (TPSA) is 85.8 Å². The van der Waals surface area contributed by atoms with E-state index in [4.69, 9.17) is 4.52 Å². The van der Waals surface area contributed by atoms with E-state index in [0.717, 1.165) is 28.9 Å². The molecule has 0 radical (unpaired) electrons. The molecule has 1 aliphatic heterocycles. The van der Waals surface area contributed by atoms with Crippen LogP contribution in [0, 0.1) is 6.92 Å². The molecule has 8 heteroatoms. The van der Waals surface area contributed by atoms with E-state index in [-0.39, 0.29) is 17.9 Å². The van der Waals surface area contributed by atoms with E-state index in [1.807, 2.05) is 60.0 Å². The van der Waals surface area contributed by atoms with E-state index in [9.17, 15) is 9.18 Å². The molecule has 3 atom stereocenters. The third kappa shape index (κ3) is 3.80. The maximum absolute atomic E-state index is 13.7. The summed E-state index contributed by atoms with van der Waals surface area (Å²) in [4.78, 5) is 22.7. The molecule has 0 saturated heterocycles. The minimum Gasteiger partial charge on any atom is -0.339 e. The zero-order valence-electron chi connectivity index (χ0n) is 20.6. The monoisotopic (exact) mass is 505 g/mol. The number of anilines is 1. The fourth-order valence-electron chi connectivity index (χ4n) is 5.22. The van der Waals surface area contributed by atoms with Crippen LogP contribution >= 0.6 is 0 Å². The van der Waals surface area contributed by atoms with Crippen LogP contribution < -0.4 is 5.32 Å². The number of alkyl halides is 1. The largest absolute Gasteiger partial charge is 0.339 e. The van der Waals surface area contributed by atoms with Gasteiger partial charge >= 0.3 is 0 Å². The Morgan fingerprint density at radius 1 is 1.11 bits per heavy atom. The van der Waals surface area contributed by atoms with Crippen molar-refractivity contribution < 1.29 is 13.7 Å². The summed E-state index contributed by atoms with van der Waals surface area (Å²) in [6.07, 6.45) is 1.90. The molecule has 1 aliphatic carbocycles. The van der Waals surface area contributed by atoms with Crippen LogP contribution in [0.2, 0.25) is 0 Å². The van der Waals surface area contributed by atoms with E-state index in [1.165, 1.54) is 5.56 Å². The SMILES string of the molecule is Cc1ccc(-c2noc([C@H]3C[C@@H]3F)n2)cc1NC(=O)c1cnc2n1C(Cc1ccccc1)c1ccccc1-2. The molecule has 38 heavy (non-hydrogen) atoms. The van der Waals surface area contributed by atoms with Crippen LogP contribution in [0.3, 0.4) is 0 Å². The first kappa shape index (κ1) is 22.6. The number of aromatic nitrogens is 4. The lowest BCUT2D eigenvalue weighted by atomic mass is 9.97. The molecule has 1 saturated carbocycles. The average Bonchev–Trinajstić information content (AvgIpc) is 3.30. The molecular formula is C30H24FN5O2. The number of nitrogens with one attached hydrogen (secondary N) is 1. The van der Waals surface area contributed by atoms with E-state index < -0.39 is 6.17 Å². The number of hydrogen-bond acceptors (Lipinski definition) is 5. The highest BCUT2D eigenvalue weighted by molar-refractivity contribution is 6.04. The third-order valence-corrected chi connectivity index (χ3v) is 7.39. The van der Waals surface area contributed by atoms with Gasteiger partial charge in [0, 0.05) is 16.8 Å². The van der Waals surface area contributed by atoms with Crippen molar-refractivity contribution in [2.75, 3.05) is 5.32 Å². The zero-order chi connectivity index (χ0) is 25.8. The molecule has 2 aromatic heterocycles. The van der Waals surface area contributed by atoms with Crippen molar-refractivity contribution in [1.29, 1.82) is 0 Å². The molecule has 1 amide bonds. The Labute approximate surface area is 218 Å². The third-order valence-electron chi connectivity index (χ3n) is 7.39. The van der Waals surface area contributed by atoms with Gasteiger partial charge in [-0.3, -0.25) is 4.79 Å². The summed E-state index contributed by atoms with van der Waals surface area (Å²) in [6.45, 7) is 1.92. The summed E-state index contributed by atoms with van der Waals surface area (Å²) >= 11 is 0. The fraction of sp³-hybridized carbons (Fsp3) is 0.200. The van der Waals surface area contributed by atoms with Crippen molar-refractivity contribution in [2.24, 2.45) is 0 Å². The lowest BCUT2D eigenvalue weighted by Crippen LogP contribution is -2.20. The van der Waals surface area contributed by atoms with Crippen LogP contribution in [0.5, 0.6) is 0 Å². The molecular weight excluding hydrogens is 481 g/mol. The van der Waals surface area contributed by atoms with Crippen molar-refractivity contribution in [1.82, 2.24) is 19.7 Å². The van der Waals surface area contributed by atoms with Crippen molar-refractivity contribution in [3.05, 3.63) is 107 Å². The van der Waals surface area contributed by atoms with Gasteiger partial charge in [0.2, 0.25) is 11.7 Å². The number of rotatable bonds is 6. The predicted octanol–water partition coefficient (Wildman–Crippen LogP) is 6.13. The van der Waals surface area contributed by atoms with E-state index in [2.05, 4.69) is 44.7 Å². The first-order valence-electron chi connectivity index (χ1n) is 12.7. The molecule has 1 N–H and O–H groups in total. The molecule has 5 aromatic rings. The molecule has 3 heterocycles. The van der Waals surface area contributed by atoms with Crippen LogP contribution in [0.15, 0.2) is 83.5 Å². The fourth-order valence-corrected chi connectivity index (χ4v) is 5.22. The molecule has 7 nitrogen and oxygen atoms in total. The molecule has 3 aromatic carbocycles. The van der Waals surface area contributed by atoms with E-state index in [1.54, 1.807) is 6.20 Å². The van der Waals surface area contributed by atoms with Gasteiger partial charge in [-0.25, -0.2) is 9.37 Å². The molecule has 2 aliphatic rings. The van der Waals surface area contributed by atoms with Gasteiger partial charge in [0.1, 0.15) is 17.7 Å². The van der Waals surface area contributed by atoms with Crippen molar-refractivity contribution >= 4 is 11.6 Å². The number of imidazole rings is 1. The average molecular weight is 506 g/mol. The van der Waals surface area contributed by atoms with Crippen LogP contribution in [0.25, 0.3) is 22.8 Å². The number of fused-ring (bicyclic) bond motifs is 3. The first-order chi connectivity index (χ1) is 18.6. The maximum atomic E-state index is 13.7. The number of benzene rings is 3. The lowest BCUT2D eigenvalue weighted by molar-refractivity contribution is 0.101. The number of aryl methyl sites for hydroxylation is 1. The Morgan fingerprint density at radius 3 is 2.71 bits per heavy atom. The Morgan fingerprint density at radius 2 is 1.89 bits per heavy atom. The Hall–Kier alpha value is -4.59. The first-order valence-corrected chi connectivity index (χ1v) is 12.7. The molecule has 0 spiro atoms. The summed E-state index contributed by atoms with van der Waals surface area (Å²) in [5.74, 6) is 0.929. The van der Waals surface area contributed by atoms with Crippen molar-refractivity contribution in [3.63, 3.8) is 0 Å². The highest BCUT2D eigenvalue weighted by Gasteiger charge is 2.43. The van der Waals surface area contributed by atoms with Gasteiger partial charge < -0.3 is 14.4 Å². The minimum absolute atomic E-state index is 0.0428. The lowest BCUT2D eigenvalue weighted by Gasteiger charge is -2.18. The number of carbonyl (C=O) groups excluding carboxylic acids is 1. The smallest absolute Gasteiger partial charge is 0.273 e. The van der Waals surface area contributed by atoms with Gasteiger partial charge in [0.05, 0.1) is 18.2 Å². The van der Waals surface area contributed by atoms with Gasteiger partial charge in [-0.2, -0.15) is 4.98 Å². The number of hydrogen-bond donors (Lipinski definition) is 1. The second kappa shape index (κ2) is 8.76. The summed E-state index contributed by atoms with van der Waals surface area (Å²) in [5, 5.41) is 7.09. The van der Waals surface area contributed by atoms with Crippen LogP contribution in [0.1, 0.15) is 51.5 Å². The Kier molecular flexibility index (Phi) is 5.21. The van der Waals surface area contributed by atoms with Crippen LogP contribution in [-0.2, 0) is 6.42 Å². The number of nitrogens with zero attached hydrogens (tertiary/aromatic N) is 4. The molecule has 0 bridgehead atoms. The molecule has 1 fully saturated rings. The standard InChI is InChI=1S/C30H24FN5O2/c1-17-11-12-19(27-34-30(38-35-27)22-15-23(22)31)14-24(17)33-29(37)26-16-32-28-21-10-6-5-9-20(21)25(36(26)28)13-18-7-3-2-4-8-18/h2-12,14,16,22-23,25H,13,15H2,1H3,(H,33,37)/t22-,23-,25?/m0/s1. The highest BCUT2D eigenvalue weighted by Crippen LogP contribution is 2.43. The minimum atomic E-state index is -0.912. The quantitative estimate of drug-likeness (QED) is 0.300. The van der Waals surface area contributed by atoms with E-state index in [0.29, 0.717) is 35.1 Å². The van der Waals surface area contributed by atoms with Crippen molar-refractivity contribution in [2.45, 2.75) is 37.9 Å². The van der Waals surface area contributed by atoms with Gasteiger partial charge in [0.25, 0.3) is 5.91 Å². The Bertz CT molecular complexity index is 1680. The molecule has 1 unspecified atom stereocenters. The van der Waals surface area contributed by atoms with Gasteiger partial charge in [-0.15, -0.1) is 0 Å². The van der Waals surface area contributed by atoms with Gasteiger partial charge in [0.15, 0.2) is 0 Å². The summed E-state index contributed by atoms with van der Waals surface area (Å²) in [5.41, 5.74) is 6.10. The zero-order valence-corrected chi connectivity index (χ0v) is 20.6. The second-order valence-electron chi connectivity index (χ2n) is 9.93.